The molecule has 45 valence electrons. The van der Waals surface area contributed by atoms with Gasteiger partial charge in [-0.15, -0.1) is 0 Å². The van der Waals surface area contributed by atoms with E-state index in [0.29, 0.717) is 19.6 Å². The Morgan fingerprint density at radius 1 is 1.88 bits per heavy atom. The Bertz CT molecular complexity index is 103. The van der Waals surface area contributed by atoms with Crippen LogP contribution in [0.2, 0.25) is 0 Å². The summed E-state index contributed by atoms with van der Waals surface area (Å²) in [6.45, 7) is 0.772. The van der Waals surface area contributed by atoms with Gasteiger partial charge in [0.05, 0.1) is 13.0 Å². The highest BCUT2D eigenvalue weighted by Crippen LogP contribution is 2.11. The molecule has 0 aromatic heterocycles. The number of nitrogens with one attached hydrogen (secondary N) is 1. The Labute approximate surface area is 47.8 Å². The number of esters is 1. The Hall–Kier alpha value is -0.570. The van der Waals surface area contributed by atoms with E-state index in [1.165, 1.54) is 0 Å². The zero-order valence-electron chi connectivity index (χ0n) is 4.52. The second-order valence-corrected chi connectivity index (χ2v) is 1.96. The van der Waals surface area contributed by atoms with E-state index in [1.54, 1.807) is 0 Å². The van der Waals surface area contributed by atoms with E-state index < -0.39 is 0 Å². The lowest BCUT2D eigenvalue weighted by atomic mass is 10.1. The molecule has 1 rings (SSSR count). The third-order valence-electron chi connectivity index (χ3n) is 1.22. The maximum absolute atomic E-state index is 10.3. The van der Waals surface area contributed by atoms with Gasteiger partial charge in [0.25, 0.3) is 0 Å². The van der Waals surface area contributed by atoms with Gasteiger partial charge in [0.1, 0.15) is 0 Å². The molecule has 0 aliphatic carbocycles. The first-order chi connectivity index (χ1) is 3.83. The topological polar surface area (TPSA) is 50.1 Å². The molecule has 1 radical (unpaired) electrons. The molecule has 3 nitrogen and oxygen atoms in total. The molecule has 1 aliphatic rings. The van der Waals surface area contributed by atoms with E-state index in [4.69, 9.17) is 5.73 Å². The van der Waals surface area contributed by atoms with Crippen LogP contribution in [0.25, 0.3) is 0 Å². The molecule has 0 bridgehead atoms. The molecule has 1 aliphatic heterocycles. The molecule has 0 aromatic rings. The first kappa shape index (κ1) is 5.56. The molecule has 3 heteroatoms. The van der Waals surface area contributed by atoms with Gasteiger partial charge in [-0.05, 0) is 0 Å². The van der Waals surface area contributed by atoms with Gasteiger partial charge in [0, 0.05) is 12.5 Å². The van der Waals surface area contributed by atoms with Crippen molar-refractivity contribution in [3.05, 3.63) is 0 Å². The molecule has 8 heavy (non-hydrogen) atoms. The van der Waals surface area contributed by atoms with E-state index in [1.807, 2.05) is 0 Å². The van der Waals surface area contributed by atoms with Crippen molar-refractivity contribution in [1.82, 2.24) is 5.73 Å². The van der Waals surface area contributed by atoms with Crippen molar-refractivity contribution < 1.29 is 9.53 Å². The Kier molecular flexibility index (Phi) is 1.48. The summed E-state index contributed by atoms with van der Waals surface area (Å²) in [6.07, 6.45) is 0.448. The molecule has 1 N–H and O–H groups in total. The number of carbonyl (C=O) groups is 1. The smallest absolute Gasteiger partial charge is 0.306 e. The SMILES string of the molecule is [NH]CC1COC(=O)C1. The molecular formula is C5H8NO2. The number of hydrogen-bond donors (Lipinski definition) is 0. The molecule has 0 amide bonds. The predicted molar refractivity (Wildman–Crippen MR) is 27.0 cm³/mol. The van der Waals surface area contributed by atoms with Crippen molar-refractivity contribution in [2.45, 2.75) is 6.42 Å². The molecule has 1 unspecified atom stereocenters. The van der Waals surface area contributed by atoms with Gasteiger partial charge < -0.3 is 4.74 Å². The van der Waals surface area contributed by atoms with Gasteiger partial charge >= 0.3 is 5.97 Å². The zero-order valence-corrected chi connectivity index (χ0v) is 4.52. The third-order valence-corrected chi connectivity index (χ3v) is 1.22. The van der Waals surface area contributed by atoms with Crippen molar-refractivity contribution >= 4 is 5.97 Å². The number of hydrogen-bond acceptors (Lipinski definition) is 2. The zero-order chi connectivity index (χ0) is 5.98. The second kappa shape index (κ2) is 2.13. The van der Waals surface area contributed by atoms with Crippen LogP contribution in [0.5, 0.6) is 0 Å². The van der Waals surface area contributed by atoms with Crippen LogP contribution in [-0.2, 0) is 9.53 Å². The average Bonchev–Trinajstić information content (AvgIpc) is 2.14. The highest BCUT2D eigenvalue weighted by Gasteiger charge is 2.21. The minimum Gasteiger partial charge on any atom is -0.465 e. The fourth-order valence-electron chi connectivity index (χ4n) is 0.695. The van der Waals surface area contributed by atoms with Crippen LogP contribution in [0.4, 0.5) is 0 Å². The lowest BCUT2D eigenvalue weighted by Crippen LogP contribution is -2.05. The van der Waals surface area contributed by atoms with Crippen LogP contribution in [0, 0.1) is 5.92 Å². The minimum absolute atomic E-state index is 0.151. The lowest BCUT2D eigenvalue weighted by Gasteiger charge is -1.94. The summed E-state index contributed by atoms with van der Waals surface area (Å²) in [5, 5.41) is 0. The van der Waals surface area contributed by atoms with E-state index in [2.05, 4.69) is 4.74 Å². The second-order valence-electron chi connectivity index (χ2n) is 1.96. The molecule has 1 atom stereocenters. The summed E-state index contributed by atoms with van der Waals surface area (Å²) in [5.74, 6) is 0.0183. The lowest BCUT2D eigenvalue weighted by molar-refractivity contribution is -0.137. The highest BCUT2D eigenvalue weighted by molar-refractivity contribution is 5.71. The molecule has 1 heterocycles. The molecule has 0 aromatic carbocycles. The van der Waals surface area contributed by atoms with Crippen LogP contribution in [0.3, 0.4) is 0 Å². The number of ether oxygens (including phenoxy) is 1. The normalized spacial score (nSPS) is 28.1. The van der Waals surface area contributed by atoms with Gasteiger partial charge in [-0.3, -0.25) is 10.5 Å². The standard InChI is InChI=1S/C5H8NO2/c6-2-4-1-5(7)8-3-4/h4,6H,1-3H2. The monoisotopic (exact) mass is 114 g/mol. The molecule has 0 spiro atoms. The molecular weight excluding hydrogens is 106 g/mol. The van der Waals surface area contributed by atoms with Crippen molar-refractivity contribution in [2.24, 2.45) is 5.92 Å². The Morgan fingerprint density at radius 3 is 2.88 bits per heavy atom. The van der Waals surface area contributed by atoms with Crippen LogP contribution in [-0.4, -0.2) is 19.1 Å². The van der Waals surface area contributed by atoms with E-state index in [9.17, 15) is 4.79 Å². The number of rotatable bonds is 1. The van der Waals surface area contributed by atoms with E-state index in [-0.39, 0.29) is 11.9 Å². The maximum atomic E-state index is 10.3. The van der Waals surface area contributed by atoms with Crippen LogP contribution < -0.4 is 5.73 Å². The highest BCUT2D eigenvalue weighted by atomic mass is 16.5. The summed E-state index contributed by atoms with van der Waals surface area (Å²) in [4.78, 5) is 10.3. The molecule has 1 saturated heterocycles. The summed E-state index contributed by atoms with van der Waals surface area (Å²) in [5.41, 5.74) is 6.86. The summed E-state index contributed by atoms with van der Waals surface area (Å²) in [6, 6.07) is 0. The molecule has 1 fully saturated rings. The fourth-order valence-corrected chi connectivity index (χ4v) is 0.695. The van der Waals surface area contributed by atoms with E-state index >= 15 is 0 Å². The average molecular weight is 114 g/mol. The number of cyclic esters (lactones) is 1. The van der Waals surface area contributed by atoms with Crippen molar-refractivity contribution in [3.8, 4) is 0 Å². The maximum Gasteiger partial charge on any atom is 0.306 e. The summed E-state index contributed by atoms with van der Waals surface area (Å²) < 4.78 is 4.60. The van der Waals surface area contributed by atoms with Crippen LogP contribution in [0.1, 0.15) is 6.42 Å². The van der Waals surface area contributed by atoms with Crippen molar-refractivity contribution in [1.29, 1.82) is 0 Å². The van der Waals surface area contributed by atoms with E-state index in [0.717, 1.165) is 0 Å². The van der Waals surface area contributed by atoms with Crippen molar-refractivity contribution in [3.63, 3.8) is 0 Å². The first-order valence-electron chi connectivity index (χ1n) is 2.63. The largest absolute Gasteiger partial charge is 0.465 e. The fraction of sp³-hybridized carbons (Fsp3) is 0.800. The van der Waals surface area contributed by atoms with Gasteiger partial charge in [0.2, 0.25) is 0 Å². The van der Waals surface area contributed by atoms with Gasteiger partial charge in [-0.2, -0.15) is 0 Å². The molecule has 0 saturated carbocycles. The summed E-state index contributed by atoms with van der Waals surface area (Å²) in [7, 11) is 0. The van der Waals surface area contributed by atoms with Gasteiger partial charge in [-0.25, -0.2) is 0 Å². The minimum atomic E-state index is -0.151. The predicted octanol–water partition coefficient (Wildman–Crippen LogP) is -0.168. The van der Waals surface area contributed by atoms with Crippen molar-refractivity contribution in [2.75, 3.05) is 13.2 Å². The first-order valence-corrected chi connectivity index (χ1v) is 2.63. The number of carbonyl (C=O) groups excluding carboxylic acids is 1. The van der Waals surface area contributed by atoms with Crippen LogP contribution in [0.15, 0.2) is 0 Å². The third kappa shape index (κ3) is 0.980. The van der Waals surface area contributed by atoms with Gasteiger partial charge in [-0.1, -0.05) is 0 Å². The summed E-state index contributed by atoms with van der Waals surface area (Å²) >= 11 is 0. The van der Waals surface area contributed by atoms with Gasteiger partial charge in [0.15, 0.2) is 0 Å². The quantitative estimate of drug-likeness (QED) is 0.444. The Balaban J connectivity index is 2.32. The Morgan fingerprint density at radius 2 is 2.62 bits per heavy atom. The van der Waals surface area contributed by atoms with Crippen LogP contribution >= 0.6 is 0 Å².